The van der Waals surface area contributed by atoms with Crippen molar-refractivity contribution < 1.29 is 4.79 Å². The van der Waals surface area contributed by atoms with Gasteiger partial charge in [-0.3, -0.25) is 4.79 Å². The highest BCUT2D eigenvalue weighted by Gasteiger charge is 2.16. The van der Waals surface area contributed by atoms with Gasteiger partial charge >= 0.3 is 0 Å². The van der Waals surface area contributed by atoms with Crippen LogP contribution in [0.15, 0.2) is 24.3 Å². The van der Waals surface area contributed by atoms with Crippen LogP contribution in [0.3, 0.4) is 0 Å². The molecular formula is C15H25ClN2O. The molecule has 0 fully saturated rings. The van der Waals surface area contributed by atoms with Crippen molar-refractivity contribution in [3.05, 3.63) is 35.4 Å². The van der Waals surface area contributed by atoms with Gasteiger partial charge in [0.15, 0.2) is 0 Å². The molecule has 3 N–H and O–H groups in total. The van der Waals surface area contributed by atoms with Crippen molar-refractivity contribution in [2.45, 2.75) is 39.7 Å². The van der Waals surface area contributed by atoms with Gasteiger partial charge in [0.05, 0.1) is 0 Å². The Bertz CT molecular complexity index is 374. The molecule has 1 rings (SSSR count). The van der Waals surface area contributed by atoms with E-state index in [4.69, 9.17) is 5.73 Å². The Hall–Kier alpha value is -1.06. The van der Waals surface area contributed by atoms with Gasteiger partial charge in [-0.2, -0.15) is 0 Å². The highest BCUT2D eigenvalue weighted by atomic mass is 35.5. The van der Waals surface area contributed by atoms with Gasteiger partial charge in [-0.25, -0.2) is 0 Å². The fraction of sp³-hybridized carbons (Fsp3) is 0.533. The van der Waals surface area contributed by atoms with Crippen LogP contribution in [0.25, 0.3) is 0 Å². The zero-order chi connectivity index (χ0) is 13.5. The first kappa shape index (κ1) is 17.9. The largest absolute Gasteiger partial charge is 0.354 e. The number of hydrogen-bond acceptors (Lipinski definition) is 2. The van der Waals surface area contributed by atoms with Crippen molar-refractivity contribution in [3.63, 3.8) is 0 Å². The standard InChI is InChI=1S/C15H24N2O.ClH/c1-4-12(5-2)10-17-15(18)14(16)13-8-6-11(3)7-9-13;/h6-9,12,14H,4-5,10,16H2,1-3H3,(H,17,18);1H. The molecule has 3 nitrogen and oxygen atoms in total. The van der Waals surface area contributed by atoms with Gasteiger partial charge in [-0.15, -0.1) is 12.4 Å². The van der Waals surface area contributed by atoms with Gasteiger partial charge in [-0.1, -0.05) is 56.5 Å². The summed E-state index contributed by atoms with van der Waals surface area (Å²) in [6.45, 7) is 7.01. The molecule has 1 aromatic carbocycles. The molecule has 0 saturated heterocycles. The molecule has 1 unspecified atom stereocenters. The normalized spacial score (nSPS) is 11.8. The van der Waals surface area contributed by atoms with E-state index in [0.717, 1.165) is 18.4 Å². The first-order valence-electron chi connectivity index (χ1n) is 6.68. The number of benzene rings is 1. The van der Waals surface area contributed by atoms with Crippen molar-refractivity contribution in [2.75, 3.05) is 6.54 Å². The van der Waals surface area contributed by atoms with Gasteiger partial charge in [0, 0.05) is 6.54 Å². The molecule has 0 bridgehead atoms. The predicted molar refractivity (Wildman–Crippen MR) is 82.4 cm³/mol. The van der Waals surface area contributed by atoms with Gasteiger partial charge in [0.25, 0.3) is 0 Å². The second-order valence-corrected chi connectivity index (χ2v) is 4.82. The number of nitrogens with two attached hydrogens (primary N) is 1. The number of rotatable bonds is 6. The first-order valence-corrected chi connectivity index (χ1v) is 6.68. The summed E-state index contributed by atoms with van der Waals surface area (Å²) in [5.74, 6) is 0.449. The quantitative estimate of drug-likeness (QED) is 0.844. The van der Waals surface area contributed by atoms with Crippen LogP contribution in [-0.2, 0) is 4.79 Å². The number of nitrogens with one attached hydrogen (secondary N) is 1. The molecule has 0 aliphatic rings. The molecular weight excluding hydrogens is 260 g/mol. The third-order valence-electron chi connectivity index (χ3n) is 3.44. The van der Waals surface area contributed by atoms with Crippen molar-refractivity contribution in [2.24, 2.45) is 11.7 Å². The second kappa shape index (κ2) is 8.94. The number of hydrogen-bond donors (Lipinski definition) is 2. The Balaban J connectivity index is 0.00000324. The van der Waals surface area contributed by atoms with E-state index in [9.17, 15) is 4.79 Å². The van der Waals surface area contributed by atoms with Crippen molar-refractivity contribution in [1.82, 2.24) is 5.32 Å². The molecule has 4 heteroatoms. The van der Waals surface area contributed by atoms with E-state index in [-0.39, 0.29) is 18.3 Å². The Kier molecular flexibility index (Phi) is 8.44. The second-order valence-electron chi connectivity index (χ2n) is 4.82. The lowest BCUT2D eigenvalue weighted by Gasteiger charge is -2.16. The number of carbonyl (C=O) groups excluding carboxylic acids is 1. The third kappa shape index (κ3) is 5.62. The fourth-order valence-electron chi connectivity index (χ4n) is 1.86. The molecule has 108 valence electrons. The van der Waals surface area contributed by atoms with E-state index < -0.39 is 6.04 Å². The Labute approximate surface area is 122 Å². The monoisotopic (exact) mass is 284 g/mol. The van der Waals surface area contributed by atoms with Crippen LogP contribution < -0.4 is 11.1 Å². The topological polar surface area (TPSA) is 55.1 Å². The van der Waals surface area contributed by atoms with E-state index in [1.165, 1.54) is 5.56 Å². The molecule has 19 heavy (non-hydrogen) atoms. The van der Waals surface area contributed by atoms with Crippen LogP contribution in [-0.4, -0.2) is 12.5 Å². The maximum Gasteiger partial charge on any atom is 0.241 e. The maximum atomic E-state index is 11.9. The number of carbonyl (C=O) groups is 1. The number of halogens is 1. The summed E-state index contributed by atoms with van der Waals surface area (Å²) in [5, 5.41) is 2.93. The summed E-state index contributed by atoms with van der Waals surface area (Å²) in [5.41, 5.74) is 7.98. The highest BCUT2D eigenvalue weighted by molar-refractivity contribution is 5.85. The Morgan fingerprint density at radius 3 is 2.21 bits per heavy atom. The zero-order valence-corrected chi connectivity index (χ0v) is 12.8. The predicted octanol–water partition coefficient (Wildman–Crippen LogP) is 2.97. The molecule has 0 saturated carbocycles. The van der Waals surface area contributed by atoms with Crippen LogP contribution in [0.5, 0.6) is 0 Å². The van der Waals surface area contributed by atoms with Crippen LogP contribution in [0, 0.1) is 12.8 Å². The van der Waals surface area contributed by atoms with Gasteiger partial charge in [0.2, 0.25) is 5.91 Å². The van der Waals surface area contributed by atoms with Crippen molar-refractivity contribution >= 4 is 18.3 Å². The maximum absolute atomic E-state index is 11.9. The molecule has 0 heterocycles. The summed E-state index contributed by atoms with van der Waals surface area (Å²) >= 11 is 0. The average Bonchev–Trinajstić information content (AvgIpc) is 2.39. The molecule has 0 aromatic heterocycles. The van der Waals surface area contributed by atoms with E-state index in [1.54, 1.807) is 0 Å². The molecule has 0 aliphatic heterocycles. The van der Waals surface area contributed by atoms with E-state index in [1.807, 2.05) is 31.2 Å². The SMILES string of the molecule is CCC(CC)CNC(=O)C(N)c1ccc(C)cc1.Cl. The molecule has 1 atom stereocenters. The Morgan fingerprint density at radius 1 is 1.21 bits per heavy atom. The van der Waals surface area contributed by atoms with Crippen LogP contribution in [0.2, 0.25) is 0 Å². The minimum Gasteiger partial charge on any atom is -0.354 e. The molecule has 0 aliphatic carbocycles. The Morgan fingerprint density at radius 2 is 1.74 bits per heavy atom. The minimum atomic E-state index is -0.569. The fourth-order valence-corrected chi connectivity index (χ4v) is 1.86. The lowest BCUT2D eigenvalue weighted by molar-refractivity contribution is -0.122. The summed E-state index contributed by atoms with van der Waals surface area (Å²) in [6, 6.07) is 7.21. The van der Waals surface area contributed by atoms with E-state index in [2.05, 4.69) is 19.2 Å². The summed E-state index contributed by atoms with van der Waals surface area (Å²) in [6.07, 6.45) is 2.16. The van der Waals surface area contributed by atoms with Gasteiger partial charge in [-0.05, 0) is 18.4 Å². The van der Waals surface area contributed by atoms with Crippen LogP contribution in [0.1, 0.15) is 43.9 Å². The summed E-state index contributed by atoms with van der Waals surface area (Å²) < 4.78 is 0. The summed E-state index contributed by atoms with van der Waals surface area (Å²) in [7, 11) is 0. The molecule has 1 aromatic rings. The summed E-state index contributed by atoms with van der Waals surface area (Å²) in [4.78, 5) is 11.9. The molecule has 1 amide bonds. The van der Waals surface area contributed by atoms with E-state index in [0.29, 0.717) is 12.5 Å². The molecule has 0 radical (unpaired) electrons. The lowest BCUT2D eigenvalue weighted by Crippen LogP contribution is -2.36. The minimum absolute atomic E-state index is 0. The van der Waals surface area contributed by atoms with Gasteiger partial charge in [0.1, 0.15) is 6.04 Å². The van der Waals surface area contributed by atoms with Crippen molar-refractivity contribution in [3.8, 4) is 0 Å². The lowest BCUT2D eigenvalue weighted by atomic mass is 10.0. The number of amides is 1. The molecule has 0 spiro atoms. The third-order valence-corrected chi connectivity index (χ3v) is 3.44. The smallest absolute Gasteiger partial charge is 0.241 e. The van der Waals surface area contributed by atoms with Gasteiger partial charge < -0.3 is 11.1 Å². The zero-order valence-electron chi connectivity index (χ0n) is 12.0. The van der Waals surface area contributed by atoms with E-state index >= 15 is 0 Å². The first-order chi connectivity index (χ1) is 8.58. The highest BCUT2D eigenvalue weighted by Crippen LogP contribution is 2.12. The van der Waals surface area contributed by atoms with Crippen molar-refractivity contribution in [1.29, 1.82) is 0 Å². The average molecular weight is 285 g/mol. The number of aryl methyl sites for hydroxylation is 1. The van der Waals surface area contributed by atoms with Crippen LogP contribution >= 0.6 is 12.4 Å². The van der Waals surface area contributed by atoms with Crippen LogP contribution in [0.4, 0.5) is 0 Å².